The highest BCUT2D eigenvalue weighted by atomic mass is 35.5. The molecule has 0 atom stereocenters. The Kier molecular flexibility index (Phi) is 5.56. The van der Waals surface area contributed by atoms with E-state index in [1.54, 1.807) is 54.6 Å². The molecule has 154 valence electrons. The van der Waals surface area contributed by atoms with Crippen LogP contribution in [0.1, 0.15) is 15.9 Å². The number of para-hydroxylation sites is 2. The van der Waals surface area contributed by atoms with Gasteiger partial charge in [0, 0.05) is 16.9 Å². The third-order valence-corrected chi connectivity index (χ3v) is 5.18. The molecular formula is C24H18ClN3O3. The molecule has 7 heteroatoms. The number of halogens is 1. The fourth-order valence-corrected chi connectivity index (χ4v) is 3.43. The smallest absolute Gasteiger partial charge is 0.283 e. The fraction of sp³-hybridized carbons (Fsp3) is 0.0417. The van der Waals surface area contributed by atoms with Crippen molar-refractivity contribution in [1.29, 1.82) is 0 Å². The molecular weight excluding hydrogens is 414 g/mol. The number of imide groups is 1. The summed E-state index contributed by atoms with van der Waals surface area (Å²) in [5.41, 5.74) is 2.90. The number of hydrogen-bond donors (Lipinski definition) is 2. The van der Waals surface area contributed by atoms with E-state index in [4.69, 9.17) is 11.6 Å². The maximum atomic E-state index is 12.8. The Balaban J connectivity index is 1.55. The number of hydrogen-bond acceptors (Lipinski definition) is 4. The zero-order valence-corrected chi connectivity index (χ0v) is 17.3. The molecule has 1 aliphatic heterocycles. The lowest BCUT2D eigenvalue weighted by Gasteiger charge is -2.15. The van der Waals surface area contributed by atoms with Gasteiger partial charge in [-0.25, -0.2) is 4.90 Å². The monoisotopic (exact) mass is 431 g/mol. The molecule has 0 fully saturated rings. The van der Waals surface area contributed by atoms with Crippen molar-refractivity contribution in [2.45, 2.75) is 6.92 Å². The highest BCUT2D eigenvalue weighted by Gasteiger charge is 2.38. The van der Waals surface area contributed by atoms with Crippen molar-refractivity contribution in [3.05, 3.63) is 101 Å². The summed E-state index contributed by atoms with van der Waals surface area (Å²) in [7, 11) is 0. The van der Waals surface area contributed by atoms with Crippen LogP contribution in [0.15, 0.2) is 89.6 Å². The third-order valence-electron chi connectivity index (χ3n) is 4.83. The zero-order chi connectivity index (χ0) is 22.0. The number of amides is 3. The fourth-order valence-electron chi connectivity index (χ4n) is 3.21. The van der Waals surface area contributed by atoms with Gasteiger partial charge in [-0.05, 0) is 48.9 Å². The molecule has 2 N–H and O–H groups in total. The largest absolute Gasteiger partial charge is 0.350 e. The van der Waals surface area contributed by atoms with E-state index in [-0.39, 0.29) is 16.6 Å². The molecule has 0 saturated carbocycles. The van der Waals surface area contributed by atoms with Crippen LogP contribution in [0.3, 0.4) is 0 Å². The minimum Gasteiger partial charge on any atom is -0.350 e. The standard InChI is InChI=1S/C24H18ClN3O3/c1-15-8-5-6-13-19(15)27-22(29)16-9-7-10-17(14-16)26-21-20(25)23(30)28(24(21)31)18-11-3-2-4-12-18/h2-14,26H,1H3,(H,27,29). The molecule has 0 unspecified atom stereocenters. The van der Waals surface area contributed by atoms with Crippen molar-refractivity contribution in [2.24, 2.45) is 0 Å². The Morgan fingerprint density at radius 2 is 1.58 bits per heavy atom. The lowest BCUT2D eigenvalue weighted by Crippen LogP contribution is -2.32. The van der Waals surface area contributed by atoms with Crippen LogP contribution in [0.2, 0.25) is 0 Å². The number of nitrogens with zero attached hydrogens (tertiary/aromatic N) is 1. The van der Waals surface area contributed by atoms with Gasteiger partial charge in [-0.3, -0.25) is 14.4 Å². The molecule has 0 aliphatic carbocycles. The second-order valence-corrected chi connectivity index (χ2v) is 7.32. The van der Waals surface area contributed by atoms with Gasteiger partial charge < -0.3 is 10.6 Å². The van der Waals surface area contributed by atoms with E-state index in [2.05, 4.69) is 10.6 Å². The number of nitrogens with one attached hydrogen (secondary N) is 2. The quantitative estimate of drug-likeness (QED) is 0.575. The zero-order valence-electron chi connectivity index (χ0n) is 16.6. The molecule has 1 heterocycles. The number of anilines is 3. The van der Waals surface area contributed by atoms with Crippen molar-refractivity contribution in [2.75, 3.05) is 15.5 Å². The van der Waals surface area contributed by atoms with Crippen molar-refractivity contribution in [3.8, 4) is 0 Å². The number of carbonyl (C=O) groups is 3. The molecule has 31 heavy (non-hydrogen) atoms. The molecule has 4 rings (SSSR count). The van der Waals surface area contributed by atoms with Gasteiger partial charge in [0.05, 0.1) is 5.69 Å². The molecule has 3 aromatic rings. The Labute approximate surface area is 184 Å². The summed E-state index contributed by atoms with van der Waals surface area (Å²) in [5, 5.41) is 5.56. The van der Waals surface area contributed by atoms with Crippen LogP contribution in [0.4, 0.5) is 17.1 Å². The van der Waals surface area contributed by atoms with Gasteiger partial charge in [0.25, 0.3) is 17.7 Å². The van der Waals surface area contributed by atoms with Gasteiger partial charge in [0.1, 0.15) is 10.7 Å². The topological polar surface area (TPSA) is 78.5 Å². The first-order valence-corrected chi connectivity index (χ1v) is 9.91. The van der Waals surface area contributed by atoms with Gasteiger partial charge in [-0.1, -0.05) is 54.1 Å². The molecule has 0 bridgehead atoms. The number of rotatable bonds is 5. The van der Waals surface area contributed by atoms with Crippen LogP contribution in [0.25, 0.3) is 0 Å². The Hall–Kier alpha value is -3.90. The van der Waals surface area contributed by atoms with Gasteiger partial charge in [-0.15, -0.1) is 0 Å². The van der Waals surface area contributed by atoms with Crippen molar-refractivity contribution >= 4 is 46.4 Å². The van der Waals surface area contributed by atoms with Crippen LogP contribution in [0, 0.1) is 6.92 Å². The van der Waals surface area contributed by atoms with Gasteiger partial charge in [-0.2, -0.15) is 0 Å². The highest BCUT2D eigenvalue weighted by molar-refractivity contribution is 6.53. The first kappa shape index (κ1) is 20.4. The second-order valence-electron chi connectivity index (χ2n) is 6.95. The average Bonchev–Trinajstić information content (AvgIpc) is 2.99. The normalized spacial score (nSPS) is 13.5. The summed E-state index contributed by atoms with van der Waals surface area (Å²) in [6.45, 7) is 1.91. The van der Waals surface area contributed by atoms with E-state index < -0.39 is 11.8 Å². The van der Waals surface area contributed by atoms with Crippen LogP contribution >= 0.6 is 11.6 Å². The van der Waals surface area contributed by atoms with Gasteiger partial charge in [0.15, 0.2) is 0 Å². The molecule has 0 aromatic heterocycles. The minimum atomic E-state index is -0.603. The highest BCUT2D eigenvalue weighted by Crippen LogP contribution is 2.30. The lowest BCUT2D eigenvalue weighted by atomic mass is 10.1. The van der Waals surface area contributed by atoms with Crippen molar-refractivity contribution < 1.29 is 14.4 Å². The SMILES string of the molecule is Cc1ccccc1NC(=O)c1cccc(NC2=C(Cl)C(=O)N(c3ccccc3)C2=O)c1. The second kappa shape index (κ2) is 8.45. The Morgan fingerprint density at radius 3 is 2.32 bits per heavy atom. The molecule has 1 aliphatic rings. The summed E-state index contributed by atoms with van der Waals surface area (Å²) >= 11 is 6.17. The summed E-state index contributed by atoms with van der Waals surface area (Å²) in [6, 6.07) is 22.6. The van der Waals surface area contributed by atoms with Gasteiger partial charge >= 0.3 is 0 Å². The third kappa shape index (κ3) is 4.06. The van der Waals surface area contributed by atoms with E-state index in [9.17, 15) is 14.4 Å². The Morgan fingerprint density at radius 1 is 0.871 bits per heavy atom. The van der Waals surface area contributed by atoms with E-state index in [0.717, 1.165) is 10.5 Å². The number of benzene rings is 3. The van der Waals surface area contributed by atoms with Crippen LogP contribution < -0.4 is 15.5 Å². The Bertz CT molecular complexity index is 1220. The molecule has 6 nitrogen and oxygen atoms in total. The molecule has 0 saturated heterocycles. The van der Waals surface area contributed by atoms with Crippen LogP contribution in [0.5, 0.6) is 0 Å². The predicted octanol–water partition coefficient (Wildman–Crippen LogP) is 4.68. The predicted molar refractivity (Wildman–Crippen MR) is 121 cm³/mol. The molecule has 0 radical (unpaired) electrons. The van der Waals surface area contributed by atoms with E-state index in [1.165, 1.54) is 0 Å². The summed E-state index contributed by atoms with van der Waals surface area (Å²) < 4.78 is 0. The van der Waals surface area contributed by atoms with Gasteiger partial charge in [0.2, 0.25) is 0 Å². The number of carbonyl (C=O) groups excluding carboxylic acids is 3. The van der Waals surface area contributed by atoms with Crippen LogP contribution in [-0.2, 0) is 9.59 Å². The van der Waals surface area contributed by atoms with Crippen molar-refractivity contribution in [3.63, 3.8) is 0 Å². The minimum absolute atomic E-state index is 0.0352. The summed E-state index contributed by atoms with van der Waals surface area (Å²) in [4.78, 5) is 39.1. The van der Waals surface area contributed by atoms with E-state index in [1.807, 2.05) is 31.2 Å². The van der Waals surface area contributed by atoms with Crippen LogP contribution in [-0.4, -0.2) is 17.7 Å². The lowest BCUT2D eigenvalue weighted by molar-refractivity contribution is -0.120. The first-order chi connectivity index (χ1) is 15.0. The maximum absolute atomic E-state index is 12.8. The maximum Gasteiger partial charge on any atom is 0.283 e. The number of aryl methyl sites for hydroxylation is 1. The molecule has 0 spiro atoms. The first-order valence-electron chi connectivity index (χ1n) is 9.53. The molecule has 3 aromatic carbocycles. The summed E-state index contributed by atoms with van der Waals surface area (Å²) in [6.07, 6.45) is 0. The average molecular weight is 432 g/mol. The van der Waals surface area contributed by atoms with Crippen molar-refractivity contribution in [1.82, 2.24) is 0 Å². The van der Waals surface area contributed by atoms with E-state index >= 15 is 0 Å². The van der Waals surface area contributed by atoms with E-state index in [0.29, 0.717) is 22.6 Å². The molecule has 3 amide bonds. The summed E-state index contributed by atoms with van der Waals surface area (Å²) in [5.74, 6) is -1.46.